The predicted octanol–water partition coefficient (Wildman–Crippen LogP) is 5.01. The van der Waals surface area contributed by atoms with Gasteiger partial charge in [-0.25, -0.2) is 4.98 Å². The number of benzene rings is 2. The number of hydrogen-bond acceptors (Lipinski definition) is 3. The lowest BCUT2D eigenvalue weighted by molar-refractivity contribution is 1.10. The van der Waals surface area contributed by atoms with Crippen molar-refractivity contribution in [3.05, 3.63) is 63.4 Å². The van der Waals surface area contributed by atoms with Crippen molar-refractivity contribution in [3.8, 4) is 21.8 Å². The summed E-state index contributed by atoms with van der Waals surface area (Å²) in [5.41, 5.74) is 10.3. The average Bonchev–Trinajstić information content (AvgIpc) is 2.92. The predicted molar refractivity (Wildman–Crippen MR) is 93.3 cm³/mol. The van der Waals surface area contributed by atoms with E-state index < -0.39 is 0 Å². The molecule has 0 aliphatic carbocycles. The maximum Gasteiger partial charge on any atom is 0.125 e. The van der Waals surface area contributed by atoms with Gasteiger partial charge in [-0.1, -0.05) is 58.4 Å². The molecule has 106 valence electrons. The van der Waals surface area contributed by atoms with E-state index in [2.05, 4.69) is 53.2 Å². The molecular weight excluding hydrogens is 344 g/mol. The molecule has 0 atom stereocenters. The highest BCUT2D eigenvalue weighted by Gasteiger charge is 2.14. The van der Waals surface area contributed by atoms with Gasteiger partial charge in [0.15, 0.2) is 0 Å². The highest BCUT2D eigenvalue weighted by atomic mass is 79.9. The van der Waals surface area contributed by atoms with Crippen LogP contribution in [0.4, 0.5) is 0 Å². The summed E-state index contributed by atoms with van der Waals surface area (Å²) in [4.78, 5) is 5.94. The van der Waals surface area contributed by atoms with Gasteiger partial charge in [0.1, 0.15) is 5.01 Å². The smallest absolute Gasteiger partial charge is 0.125 e. The third-order valence-corrected chi connectivity index (χ3v) is 5.05. The summed E-state index contributed by atoms with van der Waals surface area (Å²) in [6.07, 6.45) is 0. The van der Waals surface area contributed by atoms with E-state index in [0.29, 0.717) is 6.54 Å². The summed E-state index contributed by atoms with van der Waals surface area (Å²) < 4.78 is 1.07. The Hall–Kier alpha value is -1.49. The second kappa shape index (κ2) is 6.10. The Kier molecular flexibility index (Phi) is 4.19. The summed E-state index contributed by atoms with van der Waals surface area (Å²) in [5.74, 6) is 0. The Balaban J connectivity index is 2.12. The Morgan fingerprint density at radius 2 is 1.90 bits per heavy atom. The fourth-order valence-electron chi connectivity index (χ4n) is 2.22. The van der Waals surface area contributed by atoms with Gasteiger partial charge in [-0.3, -0.25) is 0 Å². The van der Waals surface area contributed by atoms with E-state index in [1.807, 2.05) is 18.2 Å². The maximum absolute atomic E-state index is 5.90. The molecule has 4 heteroatoms. The molecular formula is C17H15BrN2S. The van der Waals surface area contributed by atoms with Crippen LogP contribution in [0.3, 0.4) is 0 Å². The van der Waals surface area contributed by atoms with Gasteiger partial charge in [-0.05, 0) is 18.6 Å². The van der Waals surface area contributed by atoms with Crippen molar-refractivity contribution in [1.82, 2.24) is 4.98 Å². The fourth-order valence-corrected chi connectivity index (χ4v) is 4.03. The summed E-state index contributed by atoms with van der Waals surface area (Å²) in [7, 11) is 0. The SMILES string of the molecule is Cc1ccc(-c2nc(-c3ccccc3)c(CN)s2)c(Br)c1. The molecule has 0 radical (unpaired) electrons. The molecule has 1 aromatic heterocycles. The first-order chi connectivity index (χ1) is 10.2. The molecule has 21 heavy (non-hydrogen) atoms. The normalized spacial score (nSPS) is 10.8. The van der Waals surface area contributed by atoms with Crippen LogP contribution in [0.5, 0.6) is 0 Å². The topological polar surface area (TPSA) is 38.9 Å². The number of nitrogens with two attached hydrogens (primary N) is 1. The third kappa shape index (κ3) is 2.93. The molecule has 1 heterocycles. The molecule has 0 saturated carbocycles. The standard InChI is InChI=1S/C17H15BrN2S/c1-11-7-8-13(14(18)9-11)17-20-16(15(10-19)21-17)12-5-3-2-4-6-12/h2-9H,10,19H2,1H3. The molecule has 0 spiro atoms. The van der Waals surface area contributed by atoms with Gasteiger partial charge in [0.2, 0.25) is 0 Å². The van der Waals surface area contributed by atoms with Crippen LogP contribution in [0.25, 0.3) is 21.8 Å². The summed E-state index contributed by atoms with van der Waals surface area (Å²) in [6.45, 7) is 2.59. The molecule has 0 unspecified atom stereocenters. The lowest BCUT2D eigenvalue weighted by atomic mass is 10.1. The van der Waals surface area contributed by atoms with Gasteiger partial charge in [-0.2, -0.15) is 0 Å². The lowest BCUT2D eigenvalue weighted by Crippen LogP contribution is -1.95. The minimum Gasteiger partial charge on any atom is -0.326 e. The van der Waals surface area contributed by atoms with E-state index in [0.717, 1.165) is 31.2 Å². The van der Waals surface area contributed by atoms with Crippen molar-refractivity contribution >= 4 is 27.3 Å². The molecule has 3 aromatic rings. The van der Waals surface area contributed by atoms with Crippen molar-refractivity contribution in [2.45, 2.75) is 13.5 Å². The van der Waals surface area contributed by atoms with Gasteiger partial charge < -0.3 is 5.73 Å². The second-order valence-corrected chi connectivity index (χ2v) is 6.78. The Labute approximate surface area is 136 Å². The highest BCUT2D eigenvalue weighted by molar-refractivity contribution is 9.10. The van der Waals surface area contributed by atoms with Crippen molar-refractivity contribution in [2.24, 2.45) is 5.73 Å². The first-order valence-electron chi connectivity index (χ1n) is 6.70. The Bertz CT molecular complexity index is 766. The third-order valence-electron chi connectivity index (χ3n) is 3.28. The summed E-state index contributed by atoms with van der Waals surface area (Å²) in [6, 6.07) is 16.5. The number of aryl methyl sites for hydroxylation is 1. The number of aromatic nitrogens is 1. The zero-order valence-electron chi connectivity index (χ0n) is 11.6. The van der Waals surface area contributed by atoms with Gasteiger partial charge in [0.25, 0.3) is 0 Å². The van der Waals surface area contributed by atoms with E-state index in [-0.39, 0.29) is 0 Å². The quantitative estimate of drug-likeness (QED) is 0.714. The molecule has 0 fully saturated rings. The van der Waals surface area contributed by atoms with Crippen LogP contribution < -0.4 is 5.73 Å². The summed E-state index contributed by atoms with van der Waals surface area (Å²) in [5, 5.41) is 1.00. The zero-order chi connectivity index (χ0) is 14.8. The molecule has 0 saturated heterocycles. The molecule has 0 aliphatic heterocycles. The van der Waals surface area contributed by atoms with E-state index in [1.54, 1.807) is 11.3 Å². The second-order valence-electron chi connectivity index (χ2n) is 4.84. The molecule has 0 aliphatic rings. The highest BCUT2D eigenvalue weighted by Crippen LogP contribution is 2.37. The van der Waals surface area contributed by atoms with Crippen molar-refractivity contribution in [1.29, 1.82) is 0 Å². The molecule has 0 bridgehead atoms. The number of thiazole rings is 1. The van der Waals surface area contributed by atoms with Crippen LogP contribution in [0, 0.1) is 6.92 Å². The van der Waals surface area contributed by atoms with Crippen molar-refractivity contribution < 1.29 is 0 Å². The minimum absolute atomic E-state index is 0.505. The van der Waals surface area contributed by atoms with Crippen LogP contribution in [0.1, 0.15) is 10.4 Å². The molecule has 2 nitrogen and oxygen atoms in total. The first kappa shape index (κ1) is 14.4. The van der Waals surface area contributed by atoms with E-state index in [4.69, 9.17) is 10.7 Å². The van der Waals surface area contributed by atoms with Crippen LogP contribution in [-0.2, 0) is 6.54 Å². The number of rotatable bonds is 3. The molecule has 0 amide bonds. The van der Waals surface area contributed by atoms with Crippen LogP contribution in [-0.4, -0.2) is 4.98 Å². The van der Waals surface area contributed by atoms with Crippen molar-refractivity contribution in [2.75, 3.05) is 0 Å². The first-order valence-corrected chi connectivity index (χ1v) is 8.31. The number of nitrogens with zero attached hydrogens (tertiary/aromatic N) is 1. The van der Waals surface area contributed by atoms with Gasteiger partial charge in [0, 0.05) is 27.0 Å². The number of hydrogen-bond donors (Lipinski definition) is 1. The van der Waals surface area contributed by atoms with Crippen molar-refractivity contribution in [3.63, 3.8) is 0 Å². The van der Waals surface area contributed by atoms with Crippen LogP contribution >= 0.6 is 27.3 Å². The zero-order valence-corrected chi connectivity index (χ0v) is 14.0. The minimum atomic E-state index is 0.505. The van der Waals surface area contributed by atoms with Crippen LogP contribution in [0.2, 0.25) is 0 Å². The largest absolute Gasteiger partial charge is 0.326 e. The Morgan fingerprint density at radius 3 is 2.57 bits per heavy atom. The average molecular weight is 359 g/mol. The molecule has 3 rings (SSSR count). The van der Waals surface area contributed by atoms with Gasteiger partial charge in [-0.15, -0.1) is 11.3 Å². The molecule has 2 aromatic carbocycles. The monoisotopic (exact) mass is 358 g/mol. The Morgan fingerprint density at radius 1 is 1.14 bits per heavy atom. The van der Waals surface area contributed by atoms with Gasteiger partial charge >= 0.3 is 0 Å². The van der Waals surface area contributed by atoms with E-state index in [1.165, 1.54) is 5.56 Å². The lowest BCUT2D eigenvalue weighted by Gasteiger charge is -2.01. The van der Waals surface area contributed by atoms with E-state index in [9.17, 15) is 0 Å². The molecule has 2 N–H and O–H groups in total. The fraction of sp³-hybridized carbons (Fsp3) is 0.118. The maximum atomic E-state index is 5.90. The number of halogens is 1. The van der Waals surface area contributed by atoms with Gasteiger partial charge in [0.05, 0.1) is 5.69 Å². The summed E-state index contributed by atoms with van der Waals surface area (Å²) >= 11 is 5.29. The van der Waals surface area contributed by atoms with E-state index >= 15 is 0 Å². The van der Waals surface area contributed by atoms with Crippen LogP contribution in [0.15, 0.2) is 53.0 Å².